The van der Waals surface area contributed by atoms with Gasteiger partial charge >= 0.3 is 0 Å². The number of amides is 1. The lowest BCUT2D eigenvalue weighted by atomic mass is 9.78. The van der Waals surface area contributed by atoms with E-state index in [-0.39, 0.29) is 29.3 Å². The lowest BCUT2D eigenvalue weighted by Crippen LogP contribution is -2.47. The molecule has 218 valence electrons. The van der Waals surface area contributed by atoms with Gasteiger partial charge in [-0.2, -0.15) is 0 Å². The first kappa shape index (κ1) is 31.4. The van der Waals surface area contributed by atoms with Crippen LogP contribution in [-0.4, -0.2) is 36.7 Å². The lowest BCUT2D eigenvalue weighted by Gasteiger charge is -2.29. The SMILES string of the molecule is CCCCOc1ccc(CCC(=O)C2Cc3ccc(cc3)OCCCC(C(=O)CC)C(CC(C)C)C(=O)N2)cc1. The molecule has 2 aliphatic rings. The molecule has 0 saturated heterocycles. The van der Waals surface area contributed by atoms with Gasteiger partial charge < -0.3 is 14.8 Å². The summed E-state index contributed by atoms with van der Waals surface area (Å²) in [6.45, 7) is 9.32. The van der Waals surface area contributed by atoms with Crippen molar-refractivity contribution in [3.8, 4) is 11.5 Å². The van der Waals surface area contributed by atoms with Crippen molar-refractivity contribution in [2.24, 2.45) is 17.8 Å². The fourth-order valence-corrected chi connectivity index (χ4v) is 5.31. The van der Waals surface area contributed by atoms with Gasteiger partial charge in [-0.1, -0.05) is 58.4 Å². The molecule has 2 bridgehead atoms. The monoisotopic (exact) mass is 549 g/mol. The van der Waals surface area contributed by atoms with Gasteiger partial charge in [0.2, 0.25) is 5.91 Å². The van der Waals surface area contributed by atoms with Crippen molar-refractivity contribution in [1.29, 1.82) is 0 Å². The molecular formula is C34H47NO5. The fourth-order valence-electron chi connectivity index (χ4n) is 5.31. The molecule has 6 nitrogen and oxygen atoms in total. The highest BCUT2D eigenvalue weighted by Gasteiger charge is 2.35. The Balaban J connectivity index is 1.79. The molecule has 0 fully saturated rings. The number of ketones is 2. The first-order valence-corrected chi connectivity index (χ1v) is 15.1. The van der Waals surface area contributed by atoms with Crippen LogP contribution in [0.15, 0.2) is 48.5 Å². The molecule has 6 heteroatoms. The van der Waals surface area contributed by atoms with Gasteiger partial charge in [-0.3, -0.25) is 14.4 Å². The van der Waals surface area contributed by atoms with E-state index in [1.165, 1.54) is 0 Å². The molecule has 0 spiro atoms. The Bertz CT molecular complexity index is 1080. The first-order chi connectivity index (χ1) is 19.3. The highest BCUT2D eigenvalue weighted by atomic mass is 16.5. The summed E-state index contributed by atoms with van der Waals surface area (Å²) >= 11 is 0. The average Bonchev–Trinajstić information content (AvgIpc) is 2.95. The van der Waals surface area contributed by atoms with Gasteiger partial charge in [0.15, 0.2) is 5.78 Å². The Morgan fingerprint density at radius 1 is 1.02 bits per heavy atom. The third-order valence-electron chi connectivity index (χ3n) is 7.66. The number of carbonyl (C=O) groups is 3. The summed E-state index contributed by atoms with van der Waals surface area (Å²) in [5, 5.41) is 3.10. The van der Waals surface area contributed by atoms with Crippen molar-refractivity contribution < 1.29 is 23.9 Å². The number of benzene rings is 2. The Morgan fingerprint density at radius 3 is 2.40 bits per heavy atom. The first-order valence-electron chi connectivity index (χ1n) is 15.1. The summed E-state index contributed by atoms with van der Waals surface area (Å²) < 4.78 is 11.7. The molecule has 2 heterocycles. The van der Waals surface area contributed by atoms with Gasteiger partial charge in [0.25, 0.3) is 0 Å². The third-order valence-corrected chi connectivity index (χ3v) is 7.66. The standard InChI is InChI=1S/C34H47NO5/c1-5-7-20-39-27-15-10-25(11-16-27)14-19-33(37)31-23-26-12-17-28(18-13-26)40-21-8-9-29(32(36)6-2)30(22-24(3)4)34(38)35-31/h10-13,15-18,24,29-31H,5-9,14,19-23H2,1-4H3,(H,35,38). The molecule has 1 N–H and O–H groups in total. The minimum atomic E-state index is -0.661. The van der Waals surface area contributed by atoms with E-state index in [1.807, 2.05) is 55.5 Å². The molecule has 0 aliphatic carbocycles. The van der Waals surface area contributed by atoms with Crippen molar-refractivity contribution in [1.82, 2.24) is 5.32 Å². The highest BCUT2D eigenvalue weighted by Crippen LogP contribution is 2.28. The number of ether oxygens (including phenoxy) is 2. The van der Waals surface area contributed by atoms with Crippen molar-refractivity contribution in [2.45, 2.75) is 91.5 Å². The zero-order chi connectivity index (χ0) is 28.9. The molecule has 0 radical (unpaired) electrons. The topological polar surface area (TPSA) is 81.7 Å². The molecular weight excluding hydrogens is 502 g/mol. The quantitative estimate of drug-likeness (QED) is 0.305. The molecule has 3 unspecified atom stereocenters. The second-order valence-corrected chi connectivity index (χ2v) is 11.4. The minimum absolute atomic E-state index is 0.00860. The molecule has 2 aliphatic heterocycles. The fraction of sp³-hybridized carbons (Fsp3) is 0.559. The van der Waals surface area contributed by atoms with E-state index in [0.29, 0.717) is 58.2 Å². The van der Waals surface area contributed by atoms with E-state index in [2.05, 4.69) is 26.1 Å². The van der Waals surface area contributed by atoms with Gasteiger partial charge in [0.1, 0.15) is 17.3 Å². The van der Waals surface area contributed by atoms with Crippen LogP contribution in [0.5, 0.6) is 11.5 Å². The van der Waals surface area contributed by atoms with Crippen LogP contribution in [0, 0.1) is 17.8 Å². The number of hydrogen-bond donors (Lipinski definition) is 1. The van der Waals surface area contributed by atoms with E-state index in [9.17, 15) is 14.4 Å². The van der Waals surface area contributed by atoms with Crippen LogP contribution in [0.4, 0.5) is 0 Å². The van der Waals surface area contributed by atoms with E-state index < -0.39 is 12.0 Å². The van der Waals surface area contributed by atoms with Crippen LogP contribution in [0.2, 0.25) is 0 Å². The molecule has 40 heavy (non-hydrogen) atoms. The highest BCUT2D eigenvalue weighted by molar-refractivity contribution is 5.93. The Hall–Kier alpha value is -3.15. The number of fused-ring (bicyclic) bond motifs is 11. The predicted octanol–water partition coefficient (Wildman–Crippen LogP) is 6.52. The molecule has 1 amide bonds. The number of Topliss-reactive ketones (excluding diaryl/α,β-unsaturated/α-hetero) is 2. The van der Waals surface area contributed by atoms with Crippen LogP contribution >= 0.6 is 0 Å². The molecule has 2 aromatic rings. The normalized spacial score (nSPS) is 19.9. The van der Waals surface area contributed by atoms with E-state index in [4.69, 9.17) is 9.47 Å². The van der Waals surface area contributed by atoms with Crippen LogP contribution < -0.4 is 14.8 Å². The van der Waals surface area contributed by atoms with Gasteiger partial charge in [0.05, 0.1) is 19.3 Å². The number of unbranched alkanes of at least 4 members (excludes halogenated alkanes) is 1. The molecule has 4 rings (SSSR count). The van der Waals surface area contributed by atoms with E-state index >= 15 is 0 Å². The summed E-state index contributed by atoms with van der Waals surface area (Å²) in [6.07, 6.45) is 5.67. The molecule has 3 atom stereocenters. The number of rotatable bonds is 12. The van der Waals surface area contributed by atoms with Crippen molar-refractivity contribution in [2.75, 3.05) is 13.2 Å². The van der Waals surface area contributed by atoms with Gasteiger partial charge in [-0.05, 0) is 79.8 Å². The Kier molecular flexibility index (Phi) is 12.7. The second kappa shape index (κ2) is 16.2. The van der Waals surface area contributed by atoms with Gasteiger partial charge in [-0.25, -0.2) is 0 Å². The van der Waals surface area contributed by atoms with Crippen LogP contribution in [0.25, 0.3) is 0 Å². The molecule has 0 aromatic heterocycles. The smallest absolute Gasteiger partial charge is 0.224 e. The maximum Gasteiger partial charge on any atom is 0.224 e. The number of nitrogens with one attached hydrogen (secondary N) is 1. The minimum Gasteiger partial charge on any atom is -0.494 e. The summed E-state index contributed by atoms with van der Waals surface area (Å²) in [7, 11) is 0. The summed E-state index contributed by atoms with van der Waals surface area (Å²) in [6, 6.07) is 15.0. The predicted molar refractivity (Wildman–Crippen MR) is 159 cm³/mol. The Morgan fingerprint density at radius 2 is 1.75 bits per heavy atom. The maximum absolute atomic E-state index is 13.8. The zero-order valence-electron chi connectivity index (χ0n) is 24.7. The van der Waals surface area contributed by atoms with Crippen LogP contribution in [0.3, 0.4) is 0 Å². The van der Waals surface area contributed by atoms with E-state index in [1.54, 1.807) is 0 Å². The van der Waals surface area contributed by atoms with Crippen molar-refractivity contribution in [3.05, 3.63) is 59.7 Å². The number of carbonyl (C=O) groups excluding carboxylic acids is 3. The number of hydrogen-bond acceptors (Lipinski definition) is 5. The van der Waals surface area contributed by atoms with Gasteiger partial charge in [-0.15, -0.1) is 0 Å². The largest absolute Gasteiger partial charge is 0.494 e. The lowest BCUT2D eigenvalue weighted by molar-refractivity contribution is -0.136. The zero-order valence-corrected chi connectivity index (χ0v) is 24.7. The summed E-state index contributed by atoms with van der Waals surface area (Å²) in [5.74, 6) is 0.899. The van der Waals surface area contributed by atoms with Crippen LogP contribution in [0.1, 0.15) is 83.8 Å². The average molecular weight is 550 g/mol. The van der Waals surface area contributed by atoms with E-state index in [0.717, 1.165) is 35.5 Å². The molecule has 0 saturated carbocycles. The van der Waals surface area contributed by atoms with Crippen molar-refractivity contribution >= 4 is 17.5 Å². The second-order valence-electron chi connectivity index (χ2n) is 11.4. The van der Waals surface area contributed by atoms with Gasteiger partial charge in [0, 0.05) is 24.7 Å². The number of aryl methyl sites for hydroxylation is 1. The van der Waals surface area contributed by atoms with Crippen molar-refractivity contribution in [3.63, 3.8) is 0 Å². The Labute approximate surface area is 240 Å². The summed E-state index contributed by atoms with van der Waals surface area (Å²) in [5.41, 5.74) is 2.01. The van der Waals surface area contributed by atoms with Crippen LogP contribution in [-0.2, 0) is 27.2 Å². The maximum atomic E-state index is 13.8. The summed E-state index contributed by atoms with van der Waals surface area (Å²) in [4.78, 5) is 40.4. The molecule has 2 aromatic carbocycles. The third kappa shape index (κ3) is 9.79.